The molecule has 0 radical (unpaired) electrons. The van der Waals surface area contributed by atoms with Crippen molar-refractivity contribution in [3.63, 3.8) is 0 Å². The number of aromatic nitrogens is 4. The third-order valence-corrected chi connectivity index (χ3v) is 4.96. The Morgan fingerprint density at radius 1 is 1.07 bits per heavy atom. The zero-order chi connectivity index (χ0) is 20.8. The molecule has 1 aromatic heterocycles. The zero-order valence-electron chi connectivity index (χ0n) is 16.4. The van der Waals surface area contributed by atoms with Crippen molar-refractivity contribution in [1.82, 2.24) is 20.2 Å². The average Bonchev–Trinajstić information content (AvgIpc) is 3.15. The summed E-state index contributed by atoms with van der Waals surface area (Å²) in [5, 5.41) is 17.8. The Bertz CT molecular complexity index is 1000. The van der Waals surface area contributed by atoms with Gasteiger partial charge in [-0.2, -0.15) is 4.68 Å². The smallest absolute Gasteiger partial charge is 0.234 e. The standard InChI is InChI=1S/C20H22N6O2S/c1-13(2)15-7-9-18(10-8-15)26-20(23-24-25-26)29-12-19(28)22-17-6-4-5-16(11-17)21-14(3)27/h4-11,13H,12H2,1-3H3,(H,21,27)(H,22,28). The summed E-state index contributed by atoms with van der Waals surface area (Å²) in [7, 11) is 0. The highest BCUT2D eigenvalue weighted by Gasteiger charge is 2.12. The Labute approximate surface area is 173 Å². The molecule has 29 heavy (non-hydrogen) atoms. The van der Waals surface area contributed by atoms with Crippen LogP contribution in [0.4, 0.5) is 11.4 Å². The van der Waals surface area contributed by atoms with Crippen LogP contribution >= 0.6 is 11.8 Å². The number of hydrogen-bond donors (Lipinski definition) is 2. The van der Waals surface area contributed by atoms with Crippen LogP contribution in [0.1, 0.15) is 32.3 Å². The Morgan fingerprint density at radius 2 is 1.76 bits per heavy atom. The lowest BCUT2D eigenvalue weighted by Gasteiger charge is -2.09. The molecule has 0 aliphatic carbocycles. The number of amides is 2. The molecule has 2 aromatic carbocycles. The number of nitrogens with zero attached hydrogens (tertiary/aromatic N) is 4. The van der Waals surface area contributed by atoms with E-state index in [-0.39, 0.29) is 17.6 Å². The predicted molar refractivity (Wildman–Crippen MR) is 113 cm³/mol. The highest BCUT2D eigenvalue weighted by Crippen LogP contribution is 2.21. The summed E-state index contributed by atoms with van der Waals surface area (Å²) < 4.78 is 1.61. The van der Waals surface area contributed by atoms with E-state index in [4.69, 9.17) is 0 Å². The van der Waals surface area contributed by atoms with Gasteiger partial charge in [0.1, 0.15) is 0 Å². The minimum absolute atomic E-state index is 0.148. The van der Waals surface area contributed by atoms with Crippen molar-refractivity contribution in [2.75, 3.05) is 16.4 Å². The fourth-order valence-corrected chi connectivity index (χ4v) is 3.33. The third-order valence-electron chi connectivity index (χ3n) is 4.04. The predicted octanol–water partition coefficient (Wildman–Crippen LogP) is 3.47. The number of carbonyl (C=O) groups excluding carboxylic acids is 2. The van der Waals surface area contributed by atoms with Gasteiger partial charge in [0.15, 0.2) is 0 Å². The first-order chi connectivity index (χ1) is 13.9. The van der Waals surface area contributed by atoms with Crippen molar-refractivity contribution in [2.45, 2.75) is 31.8 Å². The summed E-state index contributed by atoms with van der Waals surface area (Å²) in [5.74, 6) is 0.228. The van der Waals surface area contributed by atoms with E-state index in [0.717, 1.165) is 5.69 Å². The van der Waals surface area contributed by atoms with Gasteiger partial charge in [-0.1, -0.05) is 43.8 Å². The van der Waals surface area contributed by atoms with Gasteiger partial charge in [0, 0.05) is 18.3 Å². The summed E-state index contributed by atoms with van der Waals surface area (Å²) in [6.45, 7) is 5.71. The number of thioether (sulfide) groups is 1. The normalized spacial score (nSPS) is 10.8. The summed E-state index contributed by atoms with van der Waals surface area (Å²) in [5.41, 5.74) is 3.30. The fourth-order valence-electron chi connectivity index (χ4n) is 2.64. The van der Waals surface area contributed by atoms with Crippen molar-refractivity contribution in [2.24, 2.45) is 0 Å². The van der Waals surface area contributed by atoms with Crippen LogP contribution in [0.15, 0.2) is 53.7 Å². The molecule has 9 heteroatoms. The lowest BCUT2D eigenvalue weighted by molar-refractivity contribution is -0.114. The van der Waals surface area contributed by atoms with Gasteiger partial charge in [0.25, 0.3) is 0 Å². The second kappa shape index (κ2) is 9.33. The molecular weight excluding hydrogens is 388 g/mol. The molecule has 0 saturated carbocycles. The number of hydrogen-bond acceptors (Lipinski definition) is 6. The molecule has 150 valence electrons. The van der Waals surface area contributed by atoms with Crippen molar-refractivity contribution in [3.05, 3.63) is 54.1 Å². The molecular formula is C20H22N6O2S. The van der Waals surface area contributed by atoms with E-state index in [1.54, 1.807) is 28.9 Å². The molecule has 0 saturated heterocycles. The van der Waals surface area contributed by atoms with Crippen LogP contribution in [0.2, 0.25) is 0 Å². The zero-order valence-corrected chi connectivity index (χ0v) is 17.2. The number of nitrogens with one attached hydrogen (secondary N) is 2. The maximum absolute atomic E-state index is 12.3. The summed E-state index contributed by atoms with van der Waals surface area (Å²) in [6.07, 6.45) is 0. The number of carbonyl (C=O) groups is 2. The van der Waals surface area contributed by atoms with Crippen molar-refractivity contribution < 1.29 is 9.59 Å². The Balaban J connectivity index is 1.61. The number of benzene rings is 2. The van der Waals surface area contributed by atoms with Crippen LogP contribution < -0.4 is 10.6 Å². The van der Waals surface area contributed by atoms with E-state index in [2.05, 4.69) is 40.0 Å². The van der Waals surface area contributed by atoms with Crippen LogP contribution in [0.3, 0.4) is 0 Å². The first-order valence-corrected chi connectivity index (χ1v) is 10.1. The molecule has 0 unspecified atom stereocenters. The number of rotatable bonds is 7. The average molecular weight is 411 g/mol. The topological polar surface area (TPSA) is 102 Å². The molecule has 3 rings (SSSR count). The third kappa shape index (κ3) is 5.64. The fraction of sp³-hybridized carbons (Fsp3) is 0.250. The Kier molecular flexibility index (Phi) is 6.61. The second-order valence-corrected chi connectivity index (χ2v) is 7.66. The van der Waals surface area contributed by atoms with Gasteiger partial charge in [0.2, 0.25) is 17.0 Å². The van der Waals surface area contributed by atoms with Crippen LogP contribution in [-0.4, -0.2) is 37.8 Å². The summed E-state index contributed by atoms with van der Waals surface area (Å²) >= 11 is 1.25. The molecule has 0 aliphatic rings. The monoisotopic (exact) mass is 410 g/mol. The maximum atomic E-state index is 12.3. The molecule has 2 N–H and O–H groups in total. The first kappa shape index (κ1) is 20.5. The van der Waals surface area contributed by atoms with Crippen LogP contribution in [-0.2, 0) is 9.59 Å². The van der Waals surface area contributed by atoms with Gasteiger partial charge in [-0.25, -0.2) is 0 Å². The molecule has 3 aromatic rings. The van der Waals surface area contributed by atoms with E-state index in [0.29, 0.717) is 22.4 Å². The quantitative estimate of drug-likeness (QED) is 0.578. The molecule has 1 heterocycles. The highest BCUT2D eigenvalue weighted by atomic mass is 32.2. The van der Waals surface area contributed by atoms with Gasteiger partial charge in [-0.3, -0.25) is 9.59 Å². The lowest BCUT2D eigenvalue weighted by Crippen LogP contribution is -2.15. The largest absolute Gasteiger partial charge is 0.326 e. The van der Waals surface area contributed by atoms with E-state index in [1.807, 2.05) is 24.3 Å². The number of anilines is 2. The maximum Gasteiger partial charge on any atom is 0.234 e. The van der Waals surface area contributed by atoms with Gasteiger partial charge in [0.05, 0.1) is 11.4 Å². The summed E-state index contributed by atoms with van der Waals surface area (Å²) in [6, 6.07) is 15.0. The van der Waals surface area contributed by atoms with E-state index in [1.165, 1.54) is 24.2 Å². The van der Waals surface area contributed by atoms with Gasteiger partial charge in [-0.05, 0) is 52.2 Å². The van der Waals surface area contributed by atoms with Crippen LogP contribution in [0.25, 0.3) is 5.69 Å². The minimum atomic E-state index is -0.195. The lowest BCUT2D eigenvalue weighted by atomic mass is 10.0. The molecule has 0 atom stereocenters. The SMILES string of the molecule is CC(=O)Nc1cccc(NC(=O)CSc2nnnn2-c2ccc(C(C)C)cc2)c1. The molecule has 0 aliphatic heterocycles. The molecule has 8 nitrogen and oxygen atoms in total. The minimum Gasteiger partial charge on any atom is -0.326 e. The highest BCUT2D eigenvalue weighted by molar-refractivity contribution is 7.99. The van der Waals surface area contributed by atoms with E-state index in [9.17, 15) is 9.59 Å². The van der Waals surface area contributed by atoms with Crippen LogP contribution in [0, 0.1) is 0 Å². The summed E-state index contributed by atoms with van der Waals surface area (Å²) in [4.78, 5) is 23.5. The van der Waals surface area contributed by atoms with Gasteiger partial charge in [-0.15, -0.1) is 5.10 Å². The van der Waals surface area contributed by atoms with E-state index >= 15 is 0 Å². The van der Waals surface area contributed by atoms with Crippen molar-refractivity contribution in [3.8, 4) is 5.69 Å². The van der Waals surface area contributed by atoms with Crippen molar-refractivity contribution in [1.29, 1.82) is 0 Å². The first-order valence-electron chi connectivity index (χ1n) is 9.11. The molecule has 2 amide bonds. The van der Waals surface area contributed by atoms with E-state index < -0.39 is 0 Å². The Morgan fingerprint density at radius 3 is 2.41 bits per heavy atom. The van der Waals surface area contributed by atoms with Gasteiger partial charge >= 0.3 is 0 Å². The van der Waals surface area contributed by atoms with Crippen LogP contribution in [0.5, 0.6) is 0 Å². The van der Waals surface area contributed by atoms with Crippen molar-refractivity contribution >= 4 is 35.0 Å². The molecule has 0 spiro atoms. The molecule has 0 bridgehead atoms. The Hall–Kier alpha value is -3.20. The second-order valence-electron chi connectivity index (χ2n) is 6.72. The number of tetrazole rings is 1. The molecule has 0 fully saturated rings. The van der Waals surface area contributed by atoms with Gasteiger partial charge < -0.3 is 10.6 Å².